The molecule has 0 aliphatic carbocycles. The molecule has 3 aromatic rings. The molecular formula is C13H12N4S. The summed E-state index contributed by atoms with van der Waals surface area (Å²) in [5, 5.41) is 10.5. The fourth-order valence-corrected chi connectivity index (χ4v) is 2.30. The summed E-state index contributed by atoms with van der Waals surface area (Å²) >= 11 is 1.57. The van der Waals surface area contributed by atoms with Gasteiger partial charge in [-0.25, -0.2) is 9.67 Å². The average molecular weight is 256 g/mol. The lowest BCUT2D eigenvalue weighted by Gasteiger charge is -2.05. The zero-order valence-electron chi connectivity index (χ0n) is 9.87. The molecule has 4 nitrogen and oxygen atoms in total. The highest BCUT2D eigenvalue weighted by atomic mass is 32.1. The summed E-state index contributed by atoms with van der Waals surface area (Å²) in [6.45, 7) is 2.04. The third kappa shape index (κ3) is 2.00. The molecule has 0 aliphatic rings. The van der Waals surface area contributed by atoms with Gasteiger partial charge in [0.25, 0.3) is 0 Å². The molecule has 0 spiro atoms. The van der Waals surface area contributed by atoms with Gasteiger partial charge in [-0.1, -0.05) is 18.2 Å². The first-order valence-corrected chi connectivity index (χ1v) is 6.49. The van der Waals surface area contributed by atoms with Crippen LogP contribution in [0.25, 0.3) is 5.69 Å². The van der Waals surface area contributed by atoms with Gasteiger partial charge in [-0.15, -0.1) is 11.3 Å². The number of aromatic nitrogens is 3. The van der Waals surface area contributed by atoms with E-state index in [0.29, 0.717) is 0 Å². The summed E-state index contributed by atoms with van der Waals surface area (Å²) in [6.07, 6.45) is 3.60. The van der Waals surface area contributed by atoms with Crippen LogP contribution in [0.3, 0.4) is 0 Å². The van der Waals surface area contributed by atoms with Crippen LogP contribution in [0.4, 0.5) is 10.8 Å². The van der Waals surface area contributed by atoms with Crippen molar-refractivity contribution in [1.82, 2.24) is 14.8 Å². The zero-order valence-corrected chi connectivity index (χ0v) is 10.7. The van der Waals surface area contributed by atoms with Crippen LogP contribution in [-0.4, -0.2) is 14.8 Å². The zero-order chi connectivity index (χ0) is 12.4. The first kappa shape index (κ1) is 11.0. The Morgan fingerprint density at radius 1 is 1.22 bits per heavy atom. The maximum absolute atomic E-state index is 4.40. The molecule has 1 aromatic carbocycles. The molecule has 0 radical (unpaired) electrons. The first-order chi connectivity index (χ1) is 8.84. The highest BCUT2D eigenvalue weighted by Gasteiger charge is 2.08. The molecular weight excluding hydrogens is 244 g/mol. The van der Waals surface area contributed by atoms with Crippen molar-refractivity contribution in [2.45, 2.75) is 6.92 Å². The van der Waals surface area contributed by atoms with Gasteiger partial charge in [-0.3, -0.25) is 0 Å². The third-order valence-corrected chi connectivity index (χ3v) is 3.37. The lowest BCUT2D eigenvalue weighted by Crippen LogP contribution is -1.99. The second-order valence-corrected chi connectivity index (χ2v) is 4.75. The van der Waals surface area contributed by atoms with Crippen molar-refractivity contribution in [2.75, 3.05) is 5.32 Å². The Balaban J connectivity index is 1.93. The second-order valence-electron chi connectivity index (χ2n) is 3.85. The Morgan fingerprint density at radius 3 is 2.78 bits per heavy atom. The van der Waals surface area contributed by atoms with E-state index in [-0.39, 0.29) is 0 Å². The van der Waals surface area contributed by atoms with Gasteiger partial charge in [0.2, 0.25) is 0 Å². The van der Waals surface area contributed by atoms with Crippen LogP contribution in [0.2, 0.25) is 0 Å². The largest absolute Gasteiger partial charge is 0.329 e. The van der Waals surface area contributed by atoms with E-state index in [1.807, 2.05) is 53.5 Å². The van der Waals surface area contributed by atoms with Crippen molar-refractivity contribution in [1.29, 1.82) is 0 Å². The average Bonchev–Trinajstić information content (AvgIpc) is 3.03. The lowest BCUT2D eigenvalue weighted by atomic mass is 10.3. The number of hydrogen-bond donors (Lipinski definition) is 1. The van der Waals surface area contributed by atoms with Crippen molar-refractivity contribution in [3.63, 3.8) is 0 Å². The maximum atomic E-state index is 4.40. The Kier molecular flexibility index (Phi) is 2.82. The molecule has 0 amide bonds. The van der Waals surface area contributed by atoms with E-state index < -0.39 is 0 Å². The molecule has 0 aliphatic heterocycles. The van der Waals surface area contributed by atoms with Crippen LogP contribution >= 0.6 is 11.3 Å². The van der Waals surface area contributed by atoms with Crippen molar-refractivity contribution in [3.05, 3.63) is 53.8 Å². The van der Waals surface area contributed by atoms with Crippen LogP contribution in [0.1, 0.15) is 5.69 Å². The van der Waals surface area contributed by atoms with Gasteiger partial charge in [0.05, 0.1) is 23.3 Å². The topological polar surface area (TPSA) is 42.7 Å². The summed E-state index contributed by atoms with van der Waals surface area (Å²) in [4.78, 5) is 4.21. The molecule has 0 saturated heterocycles. The van der Waals surface area contributed by atoms with Gasteiger partial charge in [0, 0.05) is 11.6 Å². The molecule has 0 saturated carbocycles. The summed E-state index contributed by atoms with van der Waals surface area (Å²) < 4.78 is 1.91. The minimum absolute atomic E-state index is 0.880. The molecule has 90 valence electrons. The molecule has 0 bridgehead atoms. The number of benzene rings is 1. The molecule has 0 atom stereocenters. The number of hydrogen-bond acceptors (Lipinski definition) is 4. The number of anilines is 2. The monoisotopic (exact) mass is 256 g/mol. The van der Waals surface area contributed by atoms with Gasteiger partial charge >= 0.3 is 0 Å². The molecule has 3 rings (SSSR count). The molecule has 0 fully saturated rings. The maximum Gasteiger partial charge on any atom is 0.187 e. The van der Waals surface area contributed by atoms with Gasteiger partial charge in [-0.05, 0) is 19.1 Å². The second kappa shape index (κ2) is 4.62. The van der Waals surface area contributed by atoms with Gasteiger partial charge in [-0.2, -0.15) is 5.10 Å². The number of nitrogens with zero attached hydrogens (tertiary/aromatic N) is 3. The fraction of sp³-hybridized carbons (Fsp3) is 0.0769. The SMILES string of the molecule is Cc1c(Nc2nccs2)cnn1-c1ccccc1. The minimum Gasteiger partial charge on any atom is -0.329 e. The number of para-hydroxylation sites is 1. The van der Waals surface area contributed by atoms with E-state index in [9.17, 15) is 0 Å². The molecule has 1 N–H and O–H groups in total. The van der Waals surface area contributed by atoms with Crippen molar-refractivity contribution < 1.29 is 0 Å². The van der Waals surface area contributed by atoms with Gasteiger partial charge in [0.15, 0.2) is 5.13 Å². The predicted octanol–water partition coefficient (Wildman–Crippen LogP) is 3.38. The Bertz CT molecular complexity index is 628. The van der Waals surface area contributed by atoms with Crippen LogP contribution < -0.4 is 5.32 Å². The van der Waals surface area contributed by atoms with Gasteiger partial charge < -0.3 is 5.32 Å². The summed E-state index contributed by atoms with van der Waals surface area (Å²) in [6, 6.07) is 10.1. The summed E-state index contributed by atoms with van der Waals surface area (Å²) in [5.74, 6) is 0. The van der Waals surface area contributed by atoms with Crippen LogP contribution in [0.15, 0.2) is 48.1 Å². The normalized spacial score (nSPS) is 10.5. The van der Waals surface area contributed by atoms with Gasteiger partial charge in [0.1, 0.15) is 0 Å². The van der Waals surface area contributed by atoms with Crippen LogP contribution in [-0.2, 0) is 0 Å². The van der Waals surface area contributed by atoms with E-state index in [2.05, 4.69) is 15.4 Å². The Hall–Kier alpha value is -2.14. The summed E-state index contributed by atoms with van der Waals surface area (Å²) in [5.41, 5.74) is 3.10. The van der Waals surface area contributed by atoms with Crippen LogP contribution in [0, 0.1) is 6.92 Å². The first-order valence-electron chi connectivity index (χ1n) is 5.61. The number of thiazole rings is 1. The molecule has 2 heterocycles. The lowest BCUT2D eigenvalue weighted by molar-refractivity contribution is 0.847. The number of rotatable bonds is 3. The fourth-order valence-electron chi connectivity index (χ4n) is 1.76. The minimum atomic E-state index is 0.880. The molecule has 0 unspecified atom stereocenters. The third-order valence-electron chi connectivity index (χ3n) is 2.68. The predicted molar refractivity (Wildman–Crippen MR) is 73.7 cm³/mol. The smallest absolute Gasteiger partial charge is 0.187 e. The van der Waals surface area contributed by atoms with E-state index in [4.69, 9.17) is 0 Å². The molecule has 5 heteroatoms. The van der Waals surface area contributed by atoms with E-state index >= 15 is 0 Å². The van der Waals surface area contributed by atoms with Crippen molar-refractivity contribution in [2.24, 2.45) is 0 Å². The summed E-state index contributed by atoms with van der Waals surface area (Å²) in [7, 11) is 0. The van der Waals surface area contributed by atoms with E-state index in [1.165, 1.54) is 0 Å². The Morgan fingerprint density at radius 2 is 2.06 bits per heavy atom. The van der Waals surface area contributed by atoms with E-state index in [1.54, 1.807) is 17.5 Å². The van der Waals surface area contributed by atoms with Crippen molar-refractivity contribution >= 4 is 22.2 Å². The van der Waals surface area contributed by atoms with Crippen LogP contribution in [0.5, 0.6) is 0 Å². The van der Waals surface area contributed by atoms with E-state index in [0.717, 1.165) is 22.2 Å². The van der Waals surface area contributed by atoms with Crippen molar-refractivity contribution in [3.8, 4) is 5.69 Å². The number of nitrogens with one attached hydrogen (secondary N) is 1. The standard InChI is InChI=1S/C13H12N4S/c1-10-12(16-13-14-7-8-18-13)9-15-17(10)11-5-3-2-4-6-11/h2-9H,1H3,(H,14,16). The molecule has 18 heavy (non-hydrogen) atoms. The highest BCUT2D eigenvalue weighted by Crippen LogP contribution is 2.23. The Labute approximate surface area is 109 Å². The highest BCUT2D eigenvalue weighted by molar-refractivity contribution is 7.13. The quantitative estimate of drug-likeness (QED) is 0.781. The molecule has 2 aromatic heterocycles.